The maximum absolute atomic E-state index is 11.7. The Labute approximate surface area is 112 Å². The molecule has 1 heterocycles. The lowest BCUT2D eigenvalue weighted by atomic mass is 10.0. The first kappa shape index (κ1) is 13.3. The minimum Gasteiger partial charge on any atom is -0.458 e. The average Bonchev–Trinajstić information content (AvgIpc) is 2.61. The highest BCUT2D eigenvalue weighted by Gasteiger charge is 2.40. The molecule has 0 aromatic heterocycles. The van der Waals surface area contributed by atoms with E-state index < -0.39 is 11.6 Å². The summed E-state index contributed by atoms with van der Waals surface area (Å²) in [5.74, 6) is -0.657. The Bertz CT molecular complexity index is 505. The van der Waals surface area contributed by atoms with Gasteiger partial charge in [-0.3, -0.25) is 4.79 Å². The molecule has 1 aromatic carbocycles. The molecule has 19 heavy (non-hydrogen) atoms. The zero-order valence-electron chi connectivity index (χ0n) is 11.1. The third-order valence-corrected chi connectivity index (χ3v) is 2.90. The minimum absolute atomic E-state index is 0.288. The molecule has 0 aliphatic carbocycles. The van der Waals surface area contributed by atoms with Crippen molar-refractivity contribution in [1.82, 2.24) is 5.32 Å². The Kier molecular flexibility index (Phi) is 3.69. The maximum Gasteiger partial charge on any atom is 0.329 e. The number of amides is 1. The highest BCUT2D eigenvalue weighted by molar-refractivity contribution is 5.95. The third kappa shape index (κ3) is 3.68. The summed E-state index contributed by atoms with van der Waals surface area (Å²) in [5.41, 5.74) is 0.435. The van der Waals surface area contributed by atoms with E-state index in [2.05, 4.69) is 5.32 Å². The summed E-state index contributed by atoms with van der Waals surface area (Å²) >= 11 is 0. The largest absolute Gasteiger partial charge is 0.458 e. The van der Waals surface area contributed by atoms with Crippen LogP contribution < -0.4 is 5.32 Å². The second kappa shape index (κ2) is 5.26. The number of carbonyl (C=O) groups is 2. The van der Waals surface area contributed by atoms with Gasteiger partial charge in [0.05, 0.1) is 0 Å². The molecule has 0 bridgehead atoms. The molecule has 0 spiro atoms. The lowest BCUT2D eigenvalue weighted by Gasteiger charge is -2.14. The van der Waals surface area contributed by atoms with Crippen molar-refractivity contribution >= 4 is 18.0 Å². The Balaban J connectivity index is 1.92. The fourth-order valence-corrected chi connectivity index (χ4v) is 2.03. The Morgan fingerprint density at radius 3 is 2.63 bits per heavy atom. The Hall–Kier alpha value is -2.10. The Morgan fingerprint density at radius 2 is 2.05 bits per heavy atom. The number of ether oxygens (including phenoxy) is 1. The number of hydrogen-bond acceptors (Lipinski definition) is 3. The van der Waals surface area contributed by atoms with E-state index in [0.717, 1.165) is 5.56 Å². The SMILES string of the molecule is CC1(C)CC(NC(=O)C=Cc2ccccc2)C(=O)O1. The van der Waals surface area contributed by atoms with Gasteiger partial charge in [-0.25, -0.2) is 4.79 Å². The van der Waals surface area contributed by atoms with Crippen molar-refractivity contribution in [2.45, 2.75) is 31.9 Å². The number of nitrogens with one attached hydrogen (secondary N) is 1. The van der Waals surface area contributed by atoms with Gasteiger partial charge in [0, 0.05) is 12.5 Å². The highest BCUT2D eigenvalue weighted by atomic mass is 16.6. The van der Waals surface area contributed by atoms with Crippen LogP contribution in [0.1, 0.15) is 25.8 Å². The van der Waals surface area contributed by atoms with E-state index in [0.29, 0.717) is 6.42 Å². The van der Waals surface area contributed by atoms with Crippen LogP contribution in [0.15, 0.2) is 36.4 Å². The van der Waals surface area contributed by atoms with Crippen LogP contribution in [0.2, 0.25) is 0 Å². The molecule has 0 saturated carbocycles. The van der Waals surface area contributed by atoms with Crippen LogP contribution in [0.3, 0.4) is 0 Å². The molecule has 100 valence electrons. The smallest absolute Gasteiger partial charge is 0.329 e. The van der Waals surface area contributed by atoms with Gasteiger partial charge in [-0.15, -0.1) is 0 Å². The molecule has 4 heteroatoms. The summed E-state index contributed by atoms with van der Waals surface area (Å²) < 4.78 is 5.15. The molecule has 1 unspecified atom stereocenters. The molecule has 1 N–H and O–H groups in total. The number of rotatable bonds is 3. The first-order valence-electron chi connectivity index (χ1n) is 6.23. The van der Waals surface area contributed by atoms with Gasteiger partial charge in [0.15, 0.2) is 0 Å². The molecule has 1 aliphatic rings. The van der Waals surface area contributed by atoms with E-state index in [1.807, 2.05) is 44.2 Å². The standard InChI is InChI=1S/C15H17NO3/c1-15(2)10-12(14(18)19-15)16-13(17)9-8-11-6-4-3-5-7-11/h3-9,12H,10H2,1-2H3,(H,16,17). The molecule has 1 saturated heterocycles. The minimum atomic E-state index is -0.553. The van der Waals surface area contributed by atoms with Crippen molar-refractivity contribution < 1.29 is 14.3 Å². The number of benzene rings is 1. The molecule has 1 aromatic rings. The fourth-order valence-electron chi connectivity index (χ4n) is 2.03. The van der Waals surface area contributed by atoms with Crippen LogP contribution in [-0.2, 0) is 14.3 Å². The molecule has 1 atom stereocenters. The first-order valence-corrected chi connectivity index (χ1v) is 6.23. The highest BCUT2D eigenvalue weighted by Crippen LogP contribution is 2.25. The van der Waals surface area contributed by atoms with Crippen molar-refractivity contribution in [3.63, 3.8) is 0 Å². The van der Waals surface area contributed by atoms with Crippen molar-refractivity contribution in [2.75, 3.05) is 0 Å². The summed E-state index contributed by atoms with van der Waals surface area (Å²) in [6.45, 7) is 3.66. The second-order valence-electron chi connectivity index (χ2n) is 5.19. The van der Waals surface area contributed by atoms with Gasteiger partial charge in [-0.05, 0) is 25.5 Å². The molecule has 1 amide bonds. The van der Waals surface area contributed by atoms with Gasteiger partial charge in [-0.1, -0.05) is 30.3 Å². The zero-order valence-corrected chi connectivity index (χ0v) is 11.1. The molecular weight excluding hydrogens is 242 g/mol. The van der Waals surface area contributed by atoms with E-state index in [-0.39, 0.29) is 11.9 Å². The van der Waals surface area contributed by atoms with E-state index in [1.165, 1.54) is 6.08 Å². The molecule has 2 rings (SSSR count). The van der Waals surface area contributed by atoms with E-state index in [9.17, 15) is 9.59 Å². The quantitative estimate of drug-likeness (QED) is 0.666. The monoisotopic (exact) mass is 259 g/mol. The van der Waals surface area contributed by atoms with Crippen molar-refractivity contribution in [1.29, 1.82) is 0 Å². The van der Waals surface area contributed by atoms with Crippen LogP contribution in [-0.4, -0.2) is 23.5 Å². The summed E-state index contributed by atoms with van der Waals surface area (Å²) in [5, 5.41) is 2.65. The second-order valence-corrected chi connectivity index (χ2v) is 5.19. The average molecular weight is 259 g/mol. The van der Waals surface area contributed by atoms with Crippen molar-refractivity contribution in [3.8, 4) is 0 Å². The fraction of sp³-hybridized carbons (Fsp3) is 0.333. The summed E-state index contributed by atoms with van der Waals surface area (Å²) in [7, 11) is 0. The first-order chi connectivity index (χ1) is 8.96. The van der Waals surface area contributed by atoms with Gasteiger partial charge < -0.3 is 10.1 Å². The summed E-state index contributed by atoms with van der Waals surface area (Å²) in [4.78, 5) is 23.3. The summed E-state index contributed by atoms with van der Waals surface area (Å²) in [6.07, 6.45) is 3.63. The van der Waals surface area contributed by atoms with Crippen molar-refractivity contribution in [3.05, 3.63) is 42.0 Å². The molecule has 1 fully saturated rings. The van der Waals surface area contributed by atoms with Crippen LogP contribution >= 0.6 is 0 Å². The number of esters is 1. The van der Waals surface area contributed by atoms with Gasteiger partial charge in [0.1, 0.15) is 11.6 Å². The number of carbonyl (C=O) groups excluding carboxylic acids is 2. The van der Waals surface area contributed by atoms with Crippen LogP contribution in [0.5, 0.6) is 0 Å². The van der Waals surface area contributed by atoms with E-state index in [4.69, 9.17) is 4.74 Å². The van der Waals surface area contributed by atoms with E-state index >= 15 is 0 Å². The molecular formula is C15H17NO3. The lowest BCUT2D eigenvalue weighted by molar-refractivity contribution is -0.148. The zero-order chi connectivity index (χ0) is 13.9. The van der Waals surface area contributed by atoms with Crippen LogP contribution in [0.25, 0.3) is 6.08 Å². The lowest BCUT2D eigenvalue weighted by Crippen LogP contribution is -2.37. The van der Waals surface area contributed by atoms with Gasteiger partial charge in [0.2, 0.25) is 5.91 Å². The van der Waals surface area contributed by atoms with Crippen LogP contribution in [0, 0.1) is 0 Å². The van der Waals surface area contributed by atoms with Gasteiger partial charge >= 0.3 is 5.97 Å². The van der Waals surface area contributed by atoms with Gasteiger partial charge in [-0.2, -0.15) is 0 Å². The number of hydrogen-bond donors (Lipinski definition) is 1. The predicted octanol–water partition coefficient (Wildman–Crippen LogP) is 1.91. The normalized spacial score (nSPS) is 21.4. The predicted molar refractivity (Wildman–Crippen MR) is 72.2 cm³/mol. The Morgan fingerprint density at radius 1 is 1.37 bits per heavy atom. The van der Waals surface area contributed by atoms with Crippen molar-refractivity contribution in [2.24, 2.45) is 0 Å². The van der Waals surface area contributed by atoms with E-state index in [1.54, 1.807) is 6.08 Å². The van der Waals surface area contributed by atoms with Crippen LogP contribution in [0.4, 0.5) is 0 Å². The molecule has 4 nitrogen and oxygen atoms in total. The molecule has 0 radical (unpaired) electrons. The summed E-state index contributed by atoms with van der Waals surface area (Å²) in [6, 6.07) is 8.95. The van der Waals surface area contributed by atoms with Gasteiger partial charge in [0.25, 0.3) is 0 Å². The maximum atomic E-state index is 11.7. The topological polar surface area (TPSA) is 55.4 Å². The third-order valence-electron chi connectivity index (χ3n) is 2.90. The number of cyclic esters (lactones) is 1. The molecule has 1 aliphatic heterocycles.